The Morgan fingerprint density at radius 1 is 0.591 bits per heavy atom. The molecule has 0 unspecified atom stereocenters. The Labute approximate surface area is 576 Å². The number of carboxylic acids is 3. The number of piperidine rings is 2. The molecule has 2 saturated heterocycles. The van der Waals surface area contributed by atoms with Crippen molar-refractivity contribution in [2.24, 2.45) is 22.7 Å². The number of anilines is 2. The summed E-state index contributed by atoms with van der Waals surface area (Å²) in [6.45, 7) is 11.7. The number of rotatable bonds is 21. The largest absolute Gasteiger partial charge is 0.493 e. The molecule has 2 fully saturated rings. The van der Waals surface area contributed by atoms with E-state index in [1.807, 2.05) is 33.8 Å². The lowest BCUT2D eigenvalue weighted by molar-refractivity contribution is -0.147. The quantitative estimate of drug-likeness (QED) is 0.0485. The van der Waals surface area contributed by atoms with Crippen molar-refractivity contribution in [3.05, 3.63) is 105 Å². The molecule has 4 heterocycles. The van der Waals surface area contributed by atoms with Gasteiger partial charge in [-0.05, 0) is 99.1 Å². The van der Waals surface area contributed by atoms with Crippen LogP contribution in [-0.2, 0) is 47.8 Å². The lowest BCUT2D eigenvalue weighted by atomic mass is 9.92. The molecule has 3 amide bonds. The summed E-state index contributed by atoms with van der Waals surface area (Å²) in [5.41, 5.74) is 2.07. The molecule has 0 aliphatic carbocycles. The summed E-state index contributed by atoms with van der Waals surface area (Å²) < 4.78 is 40.4. The second-order valence-electron chi connectivity index (χ2n) is 23.7. The fourth-order valence-electron chi connectivity index (χ4n) is 11.1. The normalized spacial score (nSPS) is 18.0. The maximum Gasteiger partial charge on any atom is 0.306 e. The lowest BCUT2D eigenvalue weighted by Gasteiger charge is -2.34. The number of carboxylic acid groups (broad SMARTS) is 3. The standard InChI is InChI=1S/C33H41ClN2O9.C24H28ClNO7.C7H13NO2.2CH4.ClH.2H2S/c1-20(37)44-19-33(2,3)18-36-25-10-9-22(34)16-24(25)30(23-7-6-8-26(42-4)31(23)43-5)45-27(32(36)41)17-28(38)35-13-11-21(12-14-35)15-29(39)40;1-24(2,13-27)12-26-17-9-8-14(25)10-16(17)21(33-19(23(26)30)11-20(28)29)15-6-5-7-18(31-3)22(15)32-4;9-7(10)5-6-1-3-8-4-2-6;;;;;/h6-10,16,21,27,30H,11-15,17-19H2,1-5H3,(H,39,40);5-10,19,21,27H,11-13H2,1-4H3,(H,28,29);6,8H,1-5H2,(H,9,10);2*1H4;1H;2*1H2/t27-,30-;19-,21-;;;;;;/m11....../s1. The van der Waals surface area contributed by atoms with E-state index < -0.39 is 77.4 Å². The molecule has 4 atom stereocenters. The van der Waals surface area contributed by atoms with Gasteiger partial charge in [0.15, 0.2) is 23.0 Å². The van der Waals surface area contributed by atoms with Gasteiger partial charge in [-0.3, -0.25) is 33.6 Å². The van der Waals surface area contributed by atoms with Gasteiger partial charge in [0.2, 0.25) is 5.91 Å². The Balaban J connectivity index is 0.000000792. The van der Waals surface area contributed by atoms with Crippen molar-refractivity contribution in [1.82, 2.24) is 10.2 Å². The number of likely N-dealkylation sites (tertiary alicyclic amines) is 1. The van der Waals surface area contributed by atoms with Crippen molar-refractivity contribution in [3.63, 3.8) is 0 Å². The smallest absolute Gasteiger partial charge is 0.306 e. The van der Waals surface area contributed by atoms with E-state index in [1.165, 1.54) is 40.3 Å². The number of methoxy groups -OCH3 is 4. The monoisotopic (exact) mass is 1400 g/mol. The molecule has 8 rings (SSSR count). The predicted molar refractivity (Wildman–Crippen MR) is 369 cm³/mol. The van der Waals surface area contributed by atoms with Crippen LogP contribution in [0.4, 0.5) is 11.4 Å². The number of fused-ring (bicyclic) bond motifs is 2. The highest BCUT2D eigenvalue weighted by atomic mass is 35.5. The second kappa shape index (κ2) is 39.0. The van der Waals surface area contributed by atoms with Crippen LogP contribution in [-0.4, -0.2) is 160 Å². The minimum Gasteiger partial charge on any atom is -0.493 e. The van der Waals surface area contributed by atoms with E-state index >= 15 is 0 Å². The number of hydrogen-bond acceptors (Lipinski definition) is 16. The third-order valence-electron chi connectivity index (χ3n) is 15.6. The van der Waals surface area contributed by atoms with Crippen molar-refractivity contribution in [2.75, 3.05) is 90.7 Å². The summed E-state index contributed by atoms with van der Waals surface area (Å²) in [5.74, 6) is -2.14. The highest BCUT2D eigenvalue weighted by molar-refractivity contribution is 7.59. The van der Waals surface area contributed by atoms with Gasteiger partial charge < -0.3 is 73.6 Å². The first-order chi connectivity index (χ1) is 41.7. The lowest BCUT2D eigenvalue weighted by Crippen LogP contribution is -2.48. The number of aliphatic hydroxyl groups is 1. The van der Waals surface area contributed by atoms with Crippen molar-refractivity contribution in [2.45, 2.75) is 125 Å². The topological polar surface area (TPSA) is 287 Å². The number of nitrogens with one attached hydrogen (secondary N) is 1. The van der Waals surface area contributed by atoms with Gasteiger partial charge in [0.05, 0.1) is 47.9 Å². The third-order valence-corrected chi connectivity index (χ3v) is 16.1. The van der Waals surface area contributed by atoms with Gasteiger partial charge in [-0.2, -0.15) is 27.0 Å². The molecule has 22 nitrogen and oxygen atoms in total. The number of esters is 1. The minimum absolute atomic E-state index is 0. The molecule has 0 bridgehead atoms. The molecule has 0 saturated carbocycles. The van der Waals surface area contributed by atoms with E-state index in [0.717, 1.165) is 25.9 Å². The Morgan fingerprint density at radius 3 is 1.39 bits per heavy atom. The predicted octanol–water partition coefficient (Wildman–Crippen LogP) is 10.9. The van der Waals surface area contributed by atoms with E-state index in [-0.39, 0.29) is 105 Å². The Hall–Kier alpha value is -6.22. The average molecular weight is 1400 g/mol. The zero-order valence-electron chi connectivity index (χ0n) is 52.7. The number of para-hydroxylation sites is 2. The number of aliphatic carboxylic acids is 3. The molecule has 4 aliphatic rings. The summed E-state index contributed by atoms with van der Waals surface area (Å²) in [7, 11) is 6.04. The van der Waals surface area contributed by atoms with Crippen LogP contribution in [0.2, 0.25) is 10.0 Å². The zero-order chi connectivity index (χ0) is 64.6. The SMILES string of the molecule is C.C.COc1cccc([C@H]2O[C@H](CC(=O)N3CCC(CC(=O)O)CC3)C(=O)N(CC(C)(C)COC(C)=O)c3ccc(Cl)cc32)c1OC.COc1cccc([C@H]2O[C@H](CC(=O)O)C(=O)N(CC(C)(C)CO)c3ccc(Cl)cc32)c1OC.Cl.O=C(O)CC1CCNCC1.S.S. The third kappa shape index (κ3) is 23.3. The van der Waals surface area contributed by atoms with Crippen LogP contribution in [0, 0.1) is 22.7 Å². The van der Waals surface area contributed by atoms with E-state index in [4.69, 9.17) is 61.5 Å². The molecule has 520 valence electrons. The fourth-order valence-corrected chi connectivity index (χ4v) is 11.5. The van der Waals surface area contributed by atoms with E-state index in [9.17, 15) is 48.9 Å². The molecule has 4 aromatic rings. The number of amides is 3. The van der Waals surface area contributed by atoms with Gasteiger partial charge in [0.25, 0.3) is 11.8 Å². The summed E-state index contributed by atoms with van der Waals surface area (Å²) in [6.07, 6.45) is -1.35. The first-order valence-electron chi connectivity index (χ1n) is 29.1. The van der Waals surface area contributed by atoms with Crippen LogP contribution in [0.25, 0.3) is 0 Å². The molecule has 0 spiro atoms. The minimum atomic E-state index is -1.27. The van der Waals surface area contributed by atoms with Crippen molar-refractivity contribution < 1.29 is 87.1 Å². The zero-order valence-corrected chi connectivity index (χ0v) is 57.0. The van der Waals surface area contributed by atoms with Crippen LogP contribution in [0.3, 0.4) is 0 Å². The van der Waals surface area contributed by atoms with Crippen LogP contribution in [0.1, 0.15) is 135 Å². The van der Waals surface area contributed by atoms with Gasteiger partial charge in [-0.25, -0.2) is 0 Å². The molecule has 93 heavy (non-hydrogen) atoms. The highest BCUT2D eigenvalue weighted by Crippen LogP contribution is 2.48. The number of hydrogen-bond donors (Lipinski definition) is 5. The first-order valence-corrected chi connectivity index (χ1v) is 29.8. The number of carbonyl (C=O) groups excluding carboxylic acids is 4. The molecule has 4 aromatic carbocycles. The molecule has 5 N–H and O–H groups in total. The molecular weight excluding hydrogens is 1310 g/mol. The summed E-state index contributed by atoms with van der Waals surface area (Å²) >= 11 is 12.8. The first kappa shape index (κ1) is 84.8. The van der Waals surface area contributed by atoms with Gasteiger partial charge in [-0.15, -0.1) is 12.4 Å². The molecule has 27 heteroatoms. The number of aliphatic hydroxyl groups excluding tert-OH is 1. The van der Waals surface area contributed by atoms with Crippen molar-refractivity contribution in [1.29, 1.82) is 0 Å². The van der Waals surface area contributed by atoms with E-state index in [2.05, 4.69) is 5.32 Å². The molecular formula is C66H95Cl3N4O18S2. The van der Waals surface area contributed by atoms with Crippen molar-refractivity contribution >= 4 is 116 Å². The number of ether oxygens (including phenoxy) is 7. The van der Waals surface area contributed by atoms with E-state index in [1.54, 1.807) is 76.5 Å². The molecule has 0 radical (unpaired) electrons. The van der Waals surface area contributed by atoms with Crippen LogP contribution in [0.15, 0.2) is 72.8 Å². The fraction of sp³-hybridized carbons (Fsp3) is 0.530. The Kier molecular flexibility index (Phi) is 35.5. The highest BCUT2D eigenvalue weighted by Gasteiger charge is 2.44. The summed E-state index contributed by atoms with van der Waals surface area (Å²) in [6, 6.07) is 20.8. The van der Waals surface area contributed by atoms with Crippen LogP contribution < -0.4 is 34.1 Å². The average Bonchev–Trinajstić information content (AvgIpc) is 1.70. The number of carbonyl (C=O) groups is 7. The second-order valence-corrected chi connectivity index (χ2v) is 24.6. The van der Waals surface area contributed by atoms with Crippen LogP contribution in [0.5, 0.6) is 23.0 Å². The number of halogens is 3. The molecule has 4 aliphatic heterocycles. The van der Waals surface area contributed by atoms with Gasteiger partial charge in [-0.1, -0.05) is 90.0 Å². The Bertz CT molecular complexity index is 3130. The maximum absolute atomic E-state index is 14.4. The van der Waals surface area contributed by atoms with Gasteiger partial charge in [0.1, 0.15) is 24.4 Å². The van der Waals surface area contributed by atoms with Gasteiger partial charge in [0, 0.05) is 107 Å². The Morgan fingerprint density at radius 2 is 1.00 bits per heavy atom. The van der Waals surface area contributed by atoms with Crippen molar-refractivity contribution in [3.8, 4) is 23.0 Å². The van der Waals surface area contributed by atoms with E-state index in [0.29, 0.717) is 105 Å². The number of benzene rings is 4. The molecule has 0 aromatic heterocycles. The van der Waals surface area contributed by atoms with Gasteiger partial charge >= 0.3 is 23.9 Å². The maximum atomic E-state index is 14.4. The summed E-state index contributed by atoms with van der Waals surface area (Å²) in [5, 5.41) is 41.0. The van der Waals surface area contributed by atoms with Crippen LogP contribution >= 0.6 is 62.6 Å². The number of nitrogens with zero attached hydrogens (tertiary/aromatic N) is 3. The summed E-state index contributed by atoms with van der Waals surface area (Å²) in [4.78, 5) is 91.0.